The fraction of sp³-hybridized carbons (Fsp3) is 0.0769. The second-order valence-corrected chi connectivity index (χ2v) is 3.96. The van der Waals surface area contributed by atoms with Gasteiger partial charge in [-0.25, -0.2) is 0 Å². The van der Waals surface area contributed by atoms with Crippen LogP contribution in [0.25, 0.3) is 5.57 Å². The van der Waals surface area contributed by atoms with Crippen LogP contribution in [0, 0.1) is 12.3 Å². The number of terminal acetylenes is 1. The molecule has 0 aromatic heterocycles. The minimum Gasteiger partial charge on any atom is -0.114 e. The van der Waals surface area contributed by atoms with E-state index in [1.54, 1.807) is 11.8 Å². The van der Waals surface area contributed by atoms with Crippen LogP contribution < -0.4 is 0 Å². The van der Waals surface area contributed by atoms with Crippen molar-refractivity contribution in [1.29, 1.82) is 0 Å². The van der Waals surface area contributed by atoms with Gasteiger partial charge in [0.1, 0.15) is 0 Å². The smallest absolute Gasteiger partial charge is 0.0576 e. The maximum Gasteiger partial charge on any atom is 0.0576 e. The van der Waals surface area contributed by atoms with Crippen LogP contribution in [0.2, 0.25) is 0 Å². The predicted octanol–water partition coefficient (Wildman–Crippen LogP) is 3.68. The van der Waals surface area contributed by atoms with Crippen molar-refractivity contribution in [2.75, 3.05) is 0 Å². The molecule has 2 rings (SSSR count). The zero-order valence-electron chi connectivity index (χ0n) is 7.73. The molecule has 0 nitrogen and oxygen atoms in total. The maximum absolute atomic E-state index is 5.32. The Morgan fingerprint density at radius 1 is 1.21 bits per heavy atom. The number of rotatable bonds is 1. The third-order valence-electron chi connectivity index (χ3n) is 2.12. The summed E-state index contributed by atoms with van der Waals surface area (Å²) >= 11 is 1.63. The van der Waals surface area contributed by atoms with Crippen LogP contribution in [0.4, 0.5) is 0 Å². The fourth-order valence-corrected chi connectivity index (χ4v) is 2.11. The molecule has 0 bridgehead atoms. The Morgan fingerprint density at radius 2 is 2.00 bits per heavy atom. The highest BCUT2D eigenvalue weighted by molar-refractivity contribution is 8.06. The summed E-state index contributed by atoms with van der Waals surface area (Å²) in [5, 5.41) is 2.14. The lowest BCUT2D eigenvalue weighted by atomic mass is 10.0. The van der Waals surface area contributed by atoms with Crippen molar-refractivity contribution in [3.63, 3.8) is 0 Å². The van der Waals surface area contributed by atoms with E-state index < -0.39 is 0 Å². The summed E-state index contributed by atoms with van der Waals surface area (Å²) in [6.45, 7) is 0. The molecule has 68 valence electrons. The standard InChI is InChI=1S/C13H10S/c1-2-13-9-8-12(10-14-13)11-6-4-3-5-7-11/h1,3-7,9-10H,8H2. The van der Waals surface area contributed by atoms with Gasteiger partial charge in [0, 0.05) is 0 Å². The minimum absolute atomic E-state index is 0.941. The number of allylic oxidation sites excluding steroid dienone is 3. The summed E-state index contributed by atoms with van der Waals surface area (Å²) in [7, 11) is 0. The van der Waals surface area contributed by atoms with Gasteiger partial charge in [-0.05, 0) is 23.0 Å². The van der Waals surface area contributed by atoms with Gasteiger partial charge < -0.3 is 0 Å². The number of benzene rings is 1. The van der Waals surface area contributed by atoms with Crippen LogP contribution in [0.3, 0.4) is 0 Å². The first-order valence-electron chi connectivity index (χ1n) is 4.48. The van der Waals surface area contributed by atoms with Crippen LogP contribution >= 0.6 is 11.8 Å². The third-order valence-corrected chi connectivity index (χ3v) is 3.06. The summed E-state index contributed by atoms with van der Waals surface area (Å²) < 4.78 is 0. The topological polar surface area (TPSA) is 0 Å². The Hall–Kier alpha value is -1.39. The van der Waals surface area contributed by atoms with Crippen molar-refractivity contribution in [2.24, 2.45) is 0 Å². The molecule has 0 radical (unpaired) electrons. The molecule has 0 spiro atoms. The molecule has 0 saturated heterocycles. The van der Waals surface area contributed by atoms with E-state index >= 15 is 0 Å². The second-order valence-electron chi connectivity index (χ2n) is 3.04. The third kappa shape index (κ3) is 1.92. The Kier molecular flexibility index (Phi) is 2.76. The zero-order chi connectivity index (χ0) is 9.80. The van der Waals surface area contributed by atoms with E-state index in [-0.39, 0.29) is 0 Å². The van der Waals surface area contributed by atoms with Gasteiger partial charge in [-0.15, -0.1) is 6.42 Å². The molecule has 1 aromatic rings. The van der Waals surface area contributed by atoms with E-state index in [4.69, 9.17) is 6.42 Å². The van der Waals surface area contributed by atoms with Crippen LogP contribution in [-0.4, -0.2) is 0 Å². The summed E-state index contributed by atoms with van der Waals surface area (Å²) in [6.07, 6.45) is 8.36. The van der Waals surface area contributed by atoms with Gasteiger partial charge in [0.25, 0.3) is 0 Å². The van der Waals surface area contributed by atoms with Crippen LogP contribution in [0.1, 0.15) is 12.0 Å². The molecular formula is C13H10S. The summed E-state index contributed by atoms with van der Waals surface area (Å²) in [5.74, 6) is 2.66. The van der Waals surface area contributed by atoms with Gasteiger partial charge in [-0.2, -0.15) is 0 Å². The summed E-state index contributed by atoms with van der Waals surface area (Å²) in [5.41, 5.74) is 2.63. The molecule has 1 aromatic carbocycles. The summed E-state index contributed by atoms with van der Waals surface area (Å²) in [4.78, 5) is 1.02. The van der Waals surface area contributed by atoms with Crippen LogP contribution in [0.5, 0.6) is 0 Å². The molecule has 1 heterocycles. The lowest BCUT2D eigenvalue weighted by Crippen LogP contribution is -1.86. The van der Waals surface area contributed by atoms with Gasteiger partial charge in [-0.1, -0.05) is 54.1 Å². The molecular weight excluding hydrogens is 188 g/mol. The fourth-order valence-electron chi connectivity index (χ4n) is 1.36. The normalized spacial score (nSPS) is 15.4. The van der Waals surface area contributed by atoms with Gasteiger partial charge in [0.15, 0.2) is 0 Å². The molecule has 1 aliphatic heterocycles. The first-order valence-corrected chi connectivity index (χ1v) is 5.36. The van der Waals surface area contributed by atoms with E-state index in [2.05, 4.69) is 41.7 Å². The highest BCUT2D eigenvalue weighted by Gasteiger charge is 2.05. The molecule has 0 fully saturated rings. The molecule has 0 saturated carbocycles. The largest absolute Gasteiger partial charge is 0.114 e. The summed E-state index contributed by atoms with van der Waals surface area (Å²) in [6, 6.07) is 10.4. The second kappa shape index (κ2) is 4.21. The quantitative estimate of drug-likeness (QED) is 0.620. The van der Waals surface area contributed by atoms with Crippen molar-refractivity contribution >= 4 is 17.3 Å². The Balaban J connectivity index is 2.18. The Bertz CT molecular complexity index is 418. The molecule has 0 atom stereocenters. The minimum atomic E-state index is 0.941. The monoisotopic (exact) mass is 198 g/mol. The lowest BCUT2D eigenvalue weighted by molar-refractivity contribution is 1.39. The van der Waals surface area contributed by atoms with E-state index in [0.717, 1.165) is 11.3 Å². The van der Waals surface area contributed by atoms with E-state index in [0.29, 0.717) is 0 Å². The number of hydrogen-bond acceptors (Lipinski definition) is 1. The first-order chi connectivity index (χ1) is 6.90. The van der Waals surface area contributed by atoms with E-state index in [1.807, 2.05) is 6.07 Å². The van der Waals surface area contributed by atoms with Crippen molar-refractivity contribution < 1.29 is 0 Å². The average Bonchev–Trinajstić information content (AvgIpc) is 2.30. The van der Waals surface area contributed by atoms with Crippen molar-refractivity contribution in [3.05, 3.63) is 52.3 Å². The van der Waals surface area contributed by atoms with Crippen LogP contribution in [0.15, 0.2) is 46.7 Å². The molecule has 14 heavy (non-hydrogen) atoms. The molecule has 0 N–H and O–H groups in total. The van der Waals surface area contributed by atoms with E-state index in [9.17, 15) is 0 Å². The molecule has 0 unspecified atom stereocenters. The SMILES string of the molecule is C#CC1=CCC(c2ccccc2)=CS1. The molecule has 1 heteroatoms. The zero-order valence-corrected chi connectivity index (χ0v) is 8.55. The van der Waals surface area contributed by atoms with Crippen molar-refractivity contribution in [3.8, 4) is 12.3 Å². The highest BCUT2D eigenvalue weighted by atomic mass is 32.2. The first kappa shape index (κ1) is 9.18. The maximum atomic E-state index is 5.32. The Morgan fingerprint density at radius 3 is 2.57 bits per heavy atom. The highest BCUT2D eigenvalue weighted by Crippen LogP contribution is 2.31. The lowest BCUT2D eigenvalue weighted by Gasteiger charge is -2.09. The predicted molar refractivity (Wildman–Crippen MR) is 63.5 cm³/mol. The van der Waals surface area contributed by atoms with E-state index in [1.165, 1.54) is 11.1 Å². The van der Waals surface area contributed by atoms with Crippen molar-refractivity contribution in [2.45, 2.75) is 6.42 Å². The van der Waals surface area contributed by atoms with Gasteiger partial charge in [-0.3, -0.25) is 0 Å². The van der Waals surface area contributed by atoms with Crippen LogP contribution in [-0.2, 0) is 0 Å². The number of thioether (sulfide) groups is 1. The van der Waals surface area contributed by atoms with Gasteiger partial charge in [0.2, 0.25) is 0 Å². The van der Waals surface area contributed by atoms with Gasteiger partial charge in [0.05, 0.1) is 4.91 Å². The van der Waals surface area contributed by atoms with Crippen molar-refractivity contribution in [1.82, 2.24) is 0 Å². The molecule has 0 aliphatic carbocycles. The molecule has 1 aliphatic rings. The average molecular weight is 198 g/mol. The Labute approximate surface area is 88.7 Å². The van der Waals surface area contributed by atoms with Gasteiger partial charge >= 0.3 is 0 Å². The number of hydrogen-bond donors (Lipinski definition) is 0. The molecule has 0 amide bonds.